The first kappa shape index (κ1) is 35.3. The number of benzene rings is 4. The number of fused-ring (bicyclic) bond motifs is 5. The molecule has 8 aromatic rings. The zero-order chi connectivity index (χ0) is 34.3. The average Bonchev–Trinajstić information content (AvgIpc) is 3.72. The van der Waals surface area contributed by atoms with Crippen molar-refractivity contribution in [3.05, 3.63) is 137 Å². The molecule has 0 aliphatic heterocycles. The van der Waals surface area contributed by atoms with Crippen molar-refractivity contribution in [2.45, 2.75) is 59.8 Å². The Morgan fingerprint density at radius 1 is 0.800 bits per heavy atom. The van der Waals surface area contributed by atoms with E-state index in [1.54, 1.807) is 17.5 Å². The molecular formula is C44H39IrN3OS-2. The molecule has 0 atom stereocenters. The maximum atomic E-state index is 6.50. The van der Waals surface area contributed by atoms with Crippen LogP contribution in [0.25, 0.3) is 65.8 Å². The van der Waals surface area contributed by atoms with Crippen LogP contribution in [0, 0.1) is 26.0 Å². The number of pyridine rings is 2. The van der Waals surface area contributed by atoms with Crippen LogP contribution < -0.4 is 0 Å². The first-order chi connectivity index (χ1) is 23.6. The Bertz CT molecular complexity index is 2360. The second-order valence-electron chi connectivity index (χ2n) is 13.8. The van der Waals surface area contributed by atoms with Gasteiger partial charge in [-0.3, -0.25) is 0 Å². The monoisotopic (exact) mass is 850 g/mol. The number of aryl methyl sites for hydroxylation is 2. The van der Waals surface area contributed by atoms with Gasteiger partial charge in [0.1, 0.15) is 5.58 Å². The van der Waals surface area contributed by atoms with E-state index in [2.05, 4.69) is 102 Å². The molecule has 253 valence electrons. The smallest absolute Gasteiger partial charge is 0.122 e. The molecule has 0 aliphatic rings. The molecule has 6 heteroatoms. The van der Waals surface area contributed by atoms with Crippen molar-refractivity contribution in [2.24, 2.45) is 0 Å². The minimum absolute atomic E-state index is 0. The van der Waals surface area contributed by atoms with Crippen molar-refractivity contribution in [2.75, 3.05) is 0 Å². The van der Waals surface area contributed by atoms with E-state index in [0.717, 1.165) is 55.0 Å². The zero-order valence-corrected chi connectivity index (χ0v) is 32.6. The van der Waals surface area contributed by atoms with Gasteiger partial charge in [-0.2, -0.15) is 0 Å². The molecule has 0 spiro atoms. The van der Waals surface area contributed by atoms with Crippen LogP contribution in [0.2, 0.25) is 0 Å². The molecule has 0 aliphatic carbocycles. The zero-order valence-electron chi connectivity index (χ0n) is 29.4. The van der Waals surface area contributed by atoms with Crippen LogP contribution in [0.1, 0.15) is 62.2 Å². The molecule has 8 rings (SSSR count). The van der Waals surface area contributed by atoms with Gasteiger partial charge in [-0.15, -0.1) is 65.4 Å². The van der Waals surface area contributed by atoms with Crippen LogP contribution in [0.5, 0.6) is 0 Å². The molecule has 1 radical (unpaired) electrons. The Hall–Kier alpha value is -4.48. The van der Waals surface area contributed by atoms with Crippen LogP contribution in [0.15, 0.2) is 108 Å². The molecule has 4 aromatic heterocycles. The van der Waals surface area contributed by atoms with Gasteiger partial charge in [0.25, 0.3) is 0 Å². The van der Waals surface area contributed by atoms with Gasteiger partial charge in [-0.05, 0) is 71.6 Å². The Morgan fingerprint density at radius 2 is 1.58 bits per heavy atom. The van der Waals surface area contributed by atoms with E-state index in [1.165, 1.54) is 32.5 Å². The van der Waals surface area contributed by atoms with E-state index >= 15 is 0 Å². The van der Waals surface area contributed by atoms with Crippen LogP contribution in [0.4, 0.5) is 0 Å². The van der Waals surface area contributed by atoms with Gasteiger partial charge >= 0.3 is 0 Å². The summed E-state index contributed by atoms with van der Waals surface area (Å²) in [5.41, 5.74) is 12.8. The van der Waals surface area contributed by atoms with Gasteiger partial charge in [0.15, 0.2) is 0 Å². The summed E-state index contributed by atoms with van der Waals surface area (Å²) in [6.07, 6.45) is 3.82. The minimum Gasteiger partial charge on any atom is -0.501 e. The van der Waals surface area contributed by atoms with E-state index in [1.807, 2.05) is 60.8 Å². The topological polar surface area (TPSA) is 51.8 Å². The second kappa shape index (κ2) is 14.4. The molecule has 50 heavy (non-hydrogen) atoms. The third kappa shape index (κ3) is 6.81. The summed E-state index contributed by atoms with van der Waals surface area (Å²) in [5.74, 6) is 0.346. The van der Waals surface area contributed by atoms with Crippen LogP contribution in [0.3, 0.4) is 0 Å². The fourth-order valence-corrected chi connectivity index (χ4v) is 7.50. The molecule has 0 N–H and O–H groups in total. The van der Waals surface area contributed by atoms with E-state index in [9.17, 15) is 0 Å². The van der Waals surface area contributed by atoms with Gasteiger partial charge in [0, 0.05) is 48.9 Å². The SMILES string of the molecule is Cc1cccc(C)c1-c1cnc(-c2[c-]ccc3c2oc2ccc4nc(C(C)(C)C)sc4c23)cc1C(C)C.[Ir].[c-]1ccccc1-c1ccccn1. The van der Waals surface area contributed by atoms with Gasteiger partial charge in [0.05, 0.1) is 20.8 Å². The fourth-order valence-electron chi connectivity index (χ4n) is 6.33. The molecule has 0 fully saturated rings. The van der Waals surface area contributed by atoms with Crippen LogP contribution >= 0.6 is 11.3 Å². The molecule has 0 saturated heterocycles. The Balaban J connectivity index is 0.000000281. The number of hydrogen-bond acceptors (Lipinski definition) is 5. The van der Waals surface area contributed by atoms with Crippen LogP contribution in [-0.2, 0) is 25.5 Å². The molecule has 0 unspecified atom stereocenters. The molecule has 4 heterocycles. The molecule has 0 bridgehead atoms. The van der Waals surface area contributed by atoms with Gasteiger partial charge in [0.2, 0.25) is 0 Å². The standard InChI is InChI=1S/C33H31N2OS.C11H8N.Ir/c1-18(2)23-16-26(34-17-24(23)28-19(3)10-8-11-20(28)4)21-12-9-13-22-29-27(36-30(21)22)15-14-25-31(29)37-32(35-25)33(5,6)7;1-2-6-10(7-3-1)11-8-4-5-9-12-11;/h8-11,13-18H,1-7H3;1-6,8-9H;/q2*-1;. The number of furan rings is 1. The summed E-state index contributed by atoms with van der Waals surface area (Å²) in [6, 6.07) is 37.2. The van der Waals surface area contributed by atoms with E-state index < -0.39 is 0 Å². The number of thiazole rings is 1. The van der Waals surface area contributed by atoms with E-state index in [4.69, 9.17) is 14.4 Å². The summed E-state index contributed by atoms with van der Waals surface area (Å²) in [4.78, 5) is 14.1. The van der Waals surface area contributed by atoms with Crippen molar-refractivity contribution in [1.82, 2.24) is 15.0 Å². The maximum Gasteiger partial charge on any atom is 0.122 e. The summed E-state index contributed by atoms with van der Waals surface area (Å²) in [6.45, 7) is 15.5. The van der Waals surface area contributed by atoms with E-state index in [0.29, 0.717) is 5.92 Å². The Labute approximate surface area is 312 Å². The summed E-state index contributed by atoms with van der Waals surface area (Å²) in [7, 11) is 0. The van der Waals surface area contributed by atoms with Crippen molar-refractivity contribution in [1.29, 1.82) is 0 Å². The Morgan fingerprint density at radius 3 is 2.26 bits per heavy atom. The summed E-state index contributed by atoms with van der Waals surface area (Å²) in [5, 5.41) is 3.36. The van der Waals surface area contributed by atoms with Gasteiger partial charge < -0.3 is 14.4 Å². The average molecular weight is 850 g/mol. The van der Waals surface area contributed by atoms with Crippen molar-refractivity contribution >= 4 is 43.5 Å². The normalized spacial score (nSPS) is 11.5. The predicted molar refractivity (Wildman–Crippen MR) is 205 cm³/mol. The molecule has 0 saturated carbocycles. The fraction of sp³-hybridized carbons (Fsp3) is 0.205. The van der Waals surface area contributed by atoms with Crippen molar-refractivity contribution in [3.8, 4) is 33.6 Å². The molecule has 4 nitrogen and oxygen atoms in total. The number of hydrogen-bond donors (Lipinski definition) is 0. The minimum atomic E-state index is 0. The van der Waals surface area contributed by atoms with Gasteiger partial charge in [-0.25, -0.2) is 4.98 Å². The van der Waals surface area contributed by atoms with Crippen LogP contribution in [-0.4, -0.2) is 15.0 Å². The second-order valence-corrected chi connectivity index (χ2v) is 14.8. The van der Waals surface area contributed by atoms with E-state index in [-0.39, 0.29) is 25.5 Å². The first-order valence-corrected chi connectivity index (χ1v) is 17.5. The molecular weight excluding hydrogens is 811 g/mol. The Kier molecular flexibility index (Phi) is 10.2. The van der Waals surface area contributed by atoms with Crippen molar-refractivity contribution < 1.29 is 24.5 Å². The van der Waals surface area contributed by atoms with Crippen molar-refractivity contribution in [3.63, 3.8) is 0 Å². The quantitative estimate of drug-likeness (QED) is 0.166. The molecule has 0 amide bonds. The largest absolute Gasteiger partial charge is 0.501 e. The number of rotatable bonds is 4. The number of aromatic nitrogens is 3. The number of nitrogens with zero attached hydrogens (tertiary/aromatic N) is 3. The predicted octanol–water partition coefficient (Wildman–Crippen LogP) is 12.3. The first-order valence-electron chi connectivity index (χ1n) is 16.7. The maximum absolute atomic E-state index is 6.50. The third-order valence-corrected chi connectivity index (χ3v) is 10.3. The summed E-state index contributed by atoms with van der Waals surface area (Å²) < 4.78 is 7.68. The summed E-state index contributed by atoms with van der Waals surface area (Å²) >= 11 is 1.77. The van der Waals surface area contributed by atoms with Gasteiger partial charge in [-0.1, -0.05) is 82.0 Å². The third-order valence-electron chi connectivity index (χ3n) is 8.81. The molecule has 4 aromatic carbocycles.